The molecule has 10 nitrogen and oxygen atoms in total. The van der Waals surface area contributed by atoms with Crippen molar-refractivity contribution in [1.82, 2.24) is 19.5 Å². The molecule has 0 spiro atoms. The summed E-state index contributed by atoms with van der Waals surface area (Å²) in [6, 6.07) is 29.8. The quantitative estimate of drug-likeness (QED) is 0.143. The monoisotopic (exact) mass is 599 g/mol. The number of imidazole rings is 1. The standard InChI is InChI=1S/C32H30ClN5O5/c33-29-26-30(37-32(36-29)35-21-39)38(20-34-26)31-28(42-18-24-14-8-3-9-15-24)27(41-17-23-12-6-2-7-13-23)25(43-31)19-40-16-22-10-4-1-5-11-22/h1-15,20-21,25,27-28,31H,16-19H2,(H,35,36,37,39)/t25-,27-,28+,31-/m1/s1. The predicted octanol–water partition coefficient (Wildman–Crippen LogP) is 5.33. The Morgan fingerprint density at radius 1 is 0.814 bits per heavy atom. The smallest absolute Gasteiger partial charge is 0.232 e. The number of ether oxygens (including phenoxy) is 4. The van der Waals surface area contributed by atoms with Crippen LogP contribution >= 0.6 is 11.6 Å². The van der Waals surface area contributed by atoms with Gasteiger partial charge >= 0.3 is 0 Å². The summed E-state index contributed by atoms with van der Waals surface area (Å²) in [6.07, 6.45) is -0.199. The zero-order chi connectivity index (χ0) is 29.4. The Bertz CT molecular complexity index is 1620. The molecule has 1 saturated heterocycles. The van der Waals surface area contributed by atoms with Gasteiger partial charge in [-0.15, -0.1) is 0 Å². The number of aromatic nitrogens is 4. The maximum atomic E-state index is 11.1. The molecule has 1 aliphatic heterocycles. The van der Waals surface area contributed by atoms with Crippen LogP contribution in [0.4, 0.5) is 5.95 Å². The molecule has 3 heterocycles. The van der Waals surface area contributed by atoms with E-state index in [4.69, 9.17) is 30.5 Å². The minimum atomic E-state index is -0.699. The van der Waals surface area contributed by atoms with Crippen molar-refractivity contribution in [2.24, 2.45) is 0 Å². The molecule has 0 radical (unpaired) electrons. The second kappa shape index (κ2) is 13.9. The molecule has 1 aliphatic rings. The minimum Gasteiger partial charge on any atom is -0.374 e. The third-order valence-electron chi connectivity index (χ3n) is 7.09. The molecule has 0 unspecified atom stereocenters. The van der Waals surface area contributed by atoms with E-state index in [2.05, 4.69) is 20.3 Å². The molecule has 3 aromatic carbocycles. The first-order valence-corrected chi connectivity index (χ1v) is 14.3. The summed E-state index contributed by atoms with van der Waals surface area (Å²) in [7, 11) is 0. The van der Waals surface area contributed by atoms with E-state index in [1.807, 2.05) is 91.0 Å². The van der Waals surface area contributed by atoms with Crippen molar-refractivity contribution in [2.75, 3.05) is 11.9 Å². The molecule has 1 N–H and O–H groups in total. The van der Waals surface area contributed by atoms with E-state index in [0.29, 0.717) is 37.4 Å². The maximum absolute atomic E-state index is 11.1. The van der Waals surface area contributed by atoms with Gasteiger partial charge in [0.2, 0.25) is 12.4 Å². The zero-order valence-corrected chi connectivity index (χ0v) is 23.9. The molecule has 1 amide bonds. The first kappa shape index (κ1) is 28.9. The van der Waals surface area contributed by atoms with Gasteiger partial charge < -0.3 is 18.9 Å². The zero-order valence-electron chi connectivity index (χ0n) is 23.2. The number of nitrogens with one attached hydrogen (secondary N) is 1. The molecular formula is C32H30ClN5O5. The van der Waals surface area contributed by atoms with Crippen LogP contribution in [-0.2, 0) is 43.6 Å². The topological polar surface area (TPSA) is 110 Å². The van der Waals surface area contributed by atoms with Gasteiger partial charge in [0.15, 0.2) is 17.0 Å². The van der Waals surface area contributed by atoms with Crippen LogP contribution < -0.4 is 5.32 Å². The van der Waals surface area contributed by atoms with Gasteiger partial charge in [0, 0.05) is 0 Å². The summed E-state index contributed by atoms with van der Waals surface area (Å²) in [5.74, 6) is 0.0497. The van der Waals surface area contributed by atoms with Crippen LogP contribution in [0.2, 0.25) is 5.15 Å². The molecule has 6 rings (SSSR count). The van der Waals surface area contributed by atoms with Gasteiger partial charge in [0.1, 0.15) is 23.8 Å². The predicted molar refractivity (Wildman–Crippen MR) is 160 cm³/mol. The van der Waals surface area contributed by atoms with E-state index in [1.165, 1.54) is 0 Å². The number of carbonyl (C=O) groups excluding carboxylic acids is 1. The third-order valence-corrected chi connectivity index (χ3v) is 7.35. The Morgan fingerprint density at radius 2 is 1.40 bits per heavy atom. The van der Waals surface area contributed by atoms with E-state index < -0.39 is 24.5 Å². The second-order valence-corrected chi connectivity index (χ2v) is 10.4. The number of fused-ring (bicyclic) bond motifs is 1. The van der Waals surface area contributed by atoms with Crippen molar-refractivity contribution >= 4 is 35.1 Å². The number of anilines is 1. The molecule has 5 aromatic rings. The summed E-state index contributed by atoms with van der Waals surface area (Å²) in [4.78, 5) is 24.2. The van der Waals surface area contributed by atoms with Gasteiger partial charge in [0.25, 0.3) is 0 Å². The van der Waals surface area contributed by atoms with Crippen molar-refractivity contribution in [3.05, 3.63) is 119 Å². The number of nitrogens with zero attached hydrogens (tertiary/aromatic N) is 4. The van der Waals surface area contributed by atoms with Gasteiger partial charge in [-0.3, -0.25) is 14.7 Å². The normalized spacial score (nSPS) is 19.9. The Kier molecular flexibility index (Phi) is 9.31. The molecule has 2 aromatic heterocycles. The Hall–Kier alpha value is -4.19. The minimum absolute atomic E-state index is 0.0497. The van der Waals surface area contributed by atoms with Crippen molar-refractivity contribution in [3.63, 3.8) is 0 Å². The fourth-order valence-electron chi connectivity index (χ4n) is 5.03. The lowest BCUT2D eigenvalue weighted by Crippen LogP contribution is -2.38. The Labute approximate surface area is 253 Å². The van der Waals surface area contributed by atoms with E-state index in [-0.39, 0.29) is 17.7 Å². The molecule has 0 aliphatic carbocycles. The number of benzene rings is 3. The fourth-order valence-corrected chi connectivity index (χ4v) is 5.24. The summed E-state index contributed by atoms with van der Waals surface area (Å²) in [5, 5.41) is 2.56. The van der Waals surface area contributed by atoms with Crippen molar-refractivity contribution in [3.8, 4) is 0 Å². The van der Waals surface area contributed by atoms with Crippen LogP contribution in [-0.4, -0.2) is 50.8 Å². The van der Waals surface area contributed by atoms with E-state index in [9.17, 15) is 4.79 Å². The molecule has 1 fully saturated rings. The highest BCUT2D eigenvalue weighted by atomic mass is 35.5. The fraction of sp³-hybridized carbons (Fsp3) is 0.250. The van der Waals surface area contributed by atoms with Gasteiger partial charge in [-0.25, -0.2) is 4.98 Å². The summed E-state index contributed by atoms with van der Waals surface area (Å²) in [5.41, 5.74) is 3.83. The van der Waals surface area contributed by atoms with Crippen LogP contribution in [0.25, 0.3) is 11.2 Å². The van der Waals surface area contributed by atoms with Crippen molar-refractivity contribution < 1.29 is 23.7 Å². The molecule has 220 valence electrons. The maximum Gasteiger partial charge on any atom is 0.232 e. The average Bonchev–Trinajstić information content (AvgIpc) is 3.62. The lowest BCUT2D eigenvalue weighted by atomic mass is 10.1. The number of halogens is 1. The number of amides is 1. The van der Waals surface area contributed by atoms with E-state index in [0.717, 1.165) is 16.7 Å². The first-order chi connectivity index (χ1) is 21.2. The molecule has 0 bridgehead atoms. The van der Waals surface area contributed by atoms with Gasteiger partial charge in [-0.2, -0.15) is 9.97 Å². The highest BCUT2D eigenvalue weighted by molar-refractivity contribution is 6.33. The first-order valence-electron chi connectivity index (χ1n) is 13.9. The van der Waals surface area contributed by atoms with Gasteiger partial charge in [0.05, 0.1) is 32.8 Å². The lowest BCUT2D eigenvalue weighted by molar-refractivity contribution is -0.105. The SMILES string of the molecule is O=CNc1nc(Cl)c2ncn([C@@H]3O[C@H](COCc4ccccc4)[C@@H](OCc4ccccc4)[C@@H]3OCc3ccccc3)c2n1. The molecular weight excluding hydrogens is 570 g/mol. The highest BCUT2D eigenvalue weighted by Gasteiger charge is 2.48. The van der Waals surface area contributed by atoms with E-state index >= 15 is 0 Å². The van der Waals surface area contributed by atoms with Crippen LogP contribution in [0.5, 0.6) is 0 Å². The third kappa shape index (κ3) is 6.90. The van der Waals surface area contributed by atoms with Crippen molar-refractivity contribution in [1.29, 1.82) is 0 Å². The van der Waals surface area contributed by atoms with Crippen LogP contribution in [0, 0.1) is 0 Å². The van der Waals surface area contributed by atoms with Crippen LogP contribution in [0.15, 0.2) is 97.3 Å². The molecule has 0 saturated carbocycles. The summed E-state index contributed by atoms with van der Waals surface area (Å²) < 4.78 is 27.7. The van der Waals surface area contributed by atoms with Crippen molar-refractivity contribution in [2.45, 2.75) is 44.4 Å². The second-order valence-electron chi connectivity index (χ2n) is 10.0. The number of hydrogen-bond acceptors (Lipinski definition) is 8. The van der Waals surface area contributed by atoms with Gasteiger partial charge in [-0.05, 0) is 16.7 Å². The molecule has 43 heavy (non-hydrogen) atoms. The van der Waals surface area contributed by atoms with E-state index in [1.54, 1.807) is 10.9 Å². The molecule has 4 atom stereocenters. The van der Waals surface area contributed by atoms with Gasteiger partial charge in [-0.1, -0.05) is 103 Å². The number of hydrogen-bond donors (Lipinski definition) is 1. The summed E-state index contributed by atoms with van der Waals surface area (Å²) in [6.45, 7) is 1.36. The number of carbonyl (C=O) groups is 1. The highest BCUT2D eigenvalue weighted by Crippen LogP contribution is 2.37. The molecule has 11 heteroatoms. The number of rotatable bonds is 13. The van der Waals surface area contributed by atoms with Crippen LogP contribution in [0.1, 0.15) is 22.9 Å². The Morgan fingerprint density at radius 3 is 2.00 bits per heavy atom. The Balaban J connectivity index is 1.33. The average molecular weight is 600 g/mol. The van der Waals surface area contributed by atoms with Crippen LogP contribution in [0.3, 0.4) is 0 Å². The summed E-state index contributed by atoms with van der Waals surface area (Å²) >= 11 is 6.40. The lowest BCUT2D eigenvalue weighted by Gasteiger charge is -2.25. The largest absolute Gasteiger partial charge is 0.374 e.